The van der Waals surface area contributed by atoms with E-state index in [2.05, 4.69) is 29.7 Å². The molecule has 6 N–H and O–H groups in total. The van der Waals surface area contributed by atoms with Crippen LogP contribution in [0.2, 0.25) is 0 Å². The number of fused-ring (bicyclic) bond motifs is 2. The number of oxime groups is 1. The van der Waals surface area contributed by atoms with Gasteiger partial charge in [-0.05, 0) is 33.0 Å². The fraction of sp³-hybridized carbons (Fsp3) is 0.385. The van der Waals surface area contributed by atoms with Crippen molar-refractivity contribution in [2.45, 2.75) is 44.0 Å². The number of carbonyl (C=O) groups excluding carboxylic acids is 2. The molecule has 1 saturated heterocycles. The summed E-state index contributed by atoms with van der Waals surface area (Å²) < 4.78 is 8.04. The quantitative estimate of drug-likeness (QED) is 0.0528. The molecule has 0 saturated carbocycles. The number of aryl methyl sites for hydroxylation is 1. The number of nitrogens with one attached hydrogen (secondary N) is 2. The molecule has 2 aliphatic rings. The molecular formula is C26H30N9O7S2+. The van der Waals surface area contributed by atoms with Gasteiger partial charge in [-0.25, -0.2) is 9.59 Å². The van der Waals surface area contributed by atoms with Gasteiger partial charge in [-0.15, -0.1) is 11.8 Å². The number of aliphatic carboxylic acids is 2. The number of pyridine rings is 1. The van der Waals surface area contributed by atoms with Gasteiger partial charge in [0.15, 0.2) is 17.9 Å². The van der Waals surface area contributed by atoms with E-state index in [1.54, 1.807) is 0 Å². The summed E-state index contributed by atoms with van der Waals surface area (Å²) in [5.74, 6) is -4.00. The molecule has 3 aromatic heterocycles. The number of carboxylic acids is 2. The van der Waals surface area contributed by atoms with E-state index >= 15 is 0 Å². The van der Waals surface area contributed by atoms with Crippen LogP contribution in [-0.4, -0.2) is 95.4 Å². The van der Waals surface area contributed by atoms with Crippen molar-refractivity contribution in [3.05, 3.63) is 47.7 Å². The monoisotopic (exact) mass is 644 g/mol. The average Bonchev–Trinajstić information content (AvgIpc) is 3.62. The fourth-order valence-electron chi connectivity index (χ4n) is 4.89. The number of anilines is 1. The zero-order chi connectivity index (χ0) is 31.5. The van der Waals surface area contributed by atoms with E-state index < -0.39 is 47.0 Å². The van der Waals surface area contributed by atoms with Crippen LogP contribution in [0, 0.1) is 0 Å². The molecule has 0 aromatic carbocycles. The summed E-state index contributed by atoms with van der Waals surface area (Å²) in [6, 6.07) is 4.82. The minimum atomic E-state index is -1.38. The number of aromatic nitrogens is 4. The number of nitrogens with two attached hydrogens (primary N) is 1. The van der Waals surface area contributed by atoms with Crippen LogP contribution >= 0.6 is 23.3 Å². The lowest BCUT2D eigenvalue weighted by Gasteiger charge is -2.49. The lowest BCUT2D eigenvalue weighted by Crippen LogP contribution is -2.71. The summed E-state index contributed by atoms with van der Waals surface area (Å²) >= 11 is 2.10. The molecule has 44 heavy (non-hydrogen) atoms. The van der Waals surface area contributed by atoms with Gasteiger partial charge in [0.05, 0.1) is 0 Å². The second-order valence-corrected chi connectivity index (χ2v) is 11.9. The highest BCUT2D eigenvalue weighted by atomic mass is 32.2. The minimum Gasteiger partial charge on any atom is -0.478 e. The number of β-lactam (4-membered cyclic amide) rings is 1. The maximum atomic E-state index is 13.3. The van der Waals surface area contributed by atoms with Gasteiger partial charge in [-0.2, -0.15) is 13.9 Å². The molecule has 0 unspecified atom stereocenters. The Balaban J connectivity index is 1.35. The first-order valence-corrected chi connectivity index (χ1v) is 15.3. The highest BCUT2D eigenvalue weighted by Gasteiger charge is 2.55. The van der Waals surface area contributed by atoms with Crippen molar-refractivity contribution in [1.29, 1.82) is 0 Å². The summed E-state index contributed by atoms with van der Waals surface area (Å²) in [5, 5.41) is 27.9. The summed E-state index contributed by atoms with van der Waals surface area (Å²) in [7, 11) is 1.91. The van der Waals surface area contributed by atoms with Crippen molar-refractivity contribution in [3.8, 4) is 0 Å². The van der Waals surface area contributed by atoms with Crippen molar-refractivity contribution in [2.24, 2.45) is 5.16 Å². The SMILES string of the molecule is CNCCCn1ccc2c1ccc[n+]2CC1=C(C(=O)O)N2C(=O)[C@@H](NC(=O)/C(=N\O[C@@H](C)C(=O)O)c3nsc(N)n3)[C@H]2SC1. The highest BCUT2D eigenvalue weighted by Crippen LogP contribution is 2.40. The van der Waals surface area contributed by atoms with Crippen molar-refractivity contribution >= 4 is 68.9 Å². The van der Waals surface area contributed by atoms with Gasteiger partial charge in [0.1, 0.15) is 22.6 Å². The van der Waals surface area contributed by atoms with Crippen LogP contribution in [0.5, 0.6) is 0 Å². The molecule has 3 atom stereocenters. The first kappa shape index (κ1) is 30.9. The third-order valence-corrected chi connectivity index (χ3v) is 8.94. The minimum absolute atomic E-state index is 0.0307. The summed E-state index contributed by atoms with van der Waals surface area (Å²) in [6.07, 6.45) is 3.44. The molecule has 0 bridgehead atoms. The lowest BCUT2D eigenvalue weighted by atomic mass is 10.0. The molecule has 0 aliphatic carbocycles. The first-order chi connectivity index (χ1) is 21.1. The molecular weight excluding hydrogens is 614 g/mol. The number of nitrogen functional groups attached to an aromatic ring is 1. The number of carbonyl (C=O) groups is 4. The zero-order valence-electron chi connectivity index (χ0n) is 23.7. The second-order valence-electron chi connectivity index (χ2n) is 9.97. The van der Waals surface area contributed by atoms with Crippen molar-refractivity contribution in [3.63, 3.8) is 0 Å². The Morgan fingerprint density at radius 1 is 1.32 bits per heavy atom. The molecule has 18 heteroatoms. The van der Waals surface area contributed by atoms with E-state index in [1.165, 1.54) is 23.6 Å². The Labute approximate surface area is 258 Å². The average molecular weight is 645 g/mol. The Morgan fingerprint density at radius 3 is 2.80 bits per heavy atom. The van der Waals surface area contributed by atoms with Crippen LogP contribution in [0.3, 0.4) is 0 Å². The number of nitrogens with zero attached hydrogens (tertiary/aromatic N) is 6. The Morgan fingerprint density at radius 2 is 2.11 bits per heavy atom. The maximum absolute atomic E-state index is 13.3. The van der Waals surface area contributed by atoms with Crippen LogP contribution in [0.4, 0.5) is 5.13 Å². The predicted octanol–water partition coefficient (Wildman–Crippen LogP) is -0.395. The van der Waals surface area contributed by atoms with Gasteiger partial charge in [-0.3, -0.25) is 14.5 Å². The van der Waals surface area contributed by atoms with E-state index in [0.29, 0.717) is 11.3 Å². The van der Waals surface area contributed by atoms with E-state index in [0.717, 1.165) is 42.1 Å². The third kappa shape index (κ3) is 6.08. The second kappa shape index (κ2) is 13.0. The Bertz CT molecular complexity index is 1680. The highest BCUT2D eigenvalue weighted by molar-refractivity contribution is 8.00. The number of hydrogen-bond acceptors (Lipinski definition) is 12. The molecule has 16 nitrogen and oxygen atoms in total. The van der Waals surface area contributed by atoms with Crippen LogP contribution in [-0.2, 0) is 37.1 Å². The molecule has 1 fully saturated rings. The molecule has 0 spiro atoms. The third-order valence-electron chi connectivity index (χ3n) is 7.06. The van der Waals surface area contributed by atoms with Crippen molar-refractivity contribution in [1.82, 2.24) is 29.5 Å². The van der Waals surface area contributed by atoms with Gasteiger partial charge in [0, 0.05) is 47.7 Å². The summed E-state index contributed by atoms with van der Waals surface area (Å²) in [5.41, 5.74) is 7.53. The molecule has 5 heterocycles. The normalized spacial score (nSPS) is 19.0. The summed E-state index contributed by atoms with van der Waals surface area (Å²) in [6.45, 7) is 3.18. The van der Waals surface area contributed by atoms with Crippen LogP contribution < -0.4 is 20.9 Å². The number of amides is 2. The standard InChI is InChI=1S/C26H29N9O7S2/c1-13(24(38)39)42-31-17(20-30-26(27)44-32-20)21(36)29-18-22(37)35-19(25(40)41)14(12-43-23(18)35)11-34-8-3-5-15-16(34)6-10-33(15)9-4-7-28-2/h3,5-6,8,10,13,18,23,28H,4,7,9,11-12H2,1-2H3,(H4-,27,29,30,32,36,38,39,40,41)/p+1/b31-17-/t13-,18+,23+/m0/s1. The number of carboxylic acid groups (broad SMARTS) is 2. The molecule has 232 valence electrons. The predicted molar refractivity (Wildman–Crippen MR) is 159 cm³/mol. The maximum Gasteiger partial charge on any atom is 0.352 e. The van der Waals surface area contributed by atoms with Gasteiger partial charge < -0.3 is 36.0 Å². The largest absolute Gasteiger partial charge is 0.478 e. The zero-order valence-corrected chi connectivity index (χ0v) is 25.3. The number of rotatable bonds is 13. The molecule has 0 radical (unpaired) electrons. The first-order valence-electron chi connectivity index (χ1n) is 13.5. The molecule has 2 aliphatic heterocycles. The van der Waals surface area contributed by atoms with Crippen LogP contribution in [0.1, 0.15) is 19.2 Å². The van der Waals surface area contributed by atoms with E-state index in [9.17, 15) is 24.3 Å². The number of thioether (sulfide) groups is 1. The van der Waals surface area contributed by atoms with Crippen LogP contribution in [0.25, 0.3) is 11.0 Å². The van der Waals surface area contributed by atoms with E-state index in [-0.39, 0.29) is 23.2 Å². The smallest absolute Gasteiger partial charge is 0.352 e. The van der Waals surface area contributed by atoms with E-state index in [1.807, 2.05) is 42.2 Å². The Kier molecular flexibility index (Phi) is 9.12. The van der Waals surface area contributed by atoms with Crippen molar-refractivity contribution in [2.75, 3.05) is 25.1 Å². The van der Waals surface area contributed by atoms with Gasteiger partial charge in [-0.1, -0.05) is 5.16 Å². The lowest BCUT2D eigenvalue weighted by molar-refractivity contribution is -0.663. The fourth-order valence-corrected chi connectivity index (χ4v) is 6.66. The van der Waals surface area contributed by atoms with E-state index in [4.69, 9.17) is 15.7 Å². The molecule has 3 aromatic rings. The summed E-state index contributed by atoms with van der Waals surface area (Å²) in [4.78, 5) is 60.1. The van der Waals surface area contributed by atoms with Crippen molar-refractivity contribution < 1.29 is 38.8 Å². The van der Waals surface area contributed by atoms with Gasteiger partial charge >= 0.3 is 11.9 Å². The van der Waals surface area contributed by atoms with Crippen LogP contribution in [0.15, 0.2) is 47.0 Å². The van der Waals surface area contributed by atoms with Gasteiger partial charge in [0.25, 0.3) is 11.8 Å². The van der Waals surface area contributed by atoms with Gasteiger partial charge in [0.2, 0.25) is 23.2 Å². The number of hydrogen-bond donors (Lipinski definition) is 5. The molecule has 5 rings (SSSR count). The Hall–Kier alpha value is -4.55. The topological polar surface area (TPSA) is 218 Å². The molecule has 2 amide bonds.